The summed E-state index contributed by atoms with van der Waals surface area (Å²) >= 11 is 0. The number of rotatable bonds is 4. The van der Waals surface area contributed by atoms with Crippen LogP contribution in [0.15, 0.2) is 29.6 Å². The minimum absolute atomic E-state index is 0.200. The minimum Gasteiger partial charge on any atom is -0.365 e. The van der Waals surface area contributed by atoms with Crippen molar-refractivity contribution in [2.45, 2.75) is 6.42 Å². The third-order valence-corrected chi connectivity index (χ3v) is 2.17. The van der Waals surface area contributed by atoms with Gasteiger partial charge in [-0.25, -0.2) is 4.98 Å². The minimum atomic E-state index is -0.200. The zero-order valence-corrected chi connectivity index (χ0v) is 8.97. The Kier molecular flexibility index (Phi) is 3.00. The lowest BCUT2D eigenvalue weighted by Crippen LogP contribution is -2.16. The van der Waals surface area contributed by atoms with Crippen LogP contribution in [0.1, 0.15) is 5.56 Å². The van der Waals surface area contributed by atoms with Crippen LogP contribution in [0, 0.1) is 0 Å². The number of nitrogens with one attached hydrogen (secondary N) is 2. The van der Waals surface area contributed by atoms with Crippen molar-refractivity contribution in [2.75, 3.05) is 11.9 Å². The maximum absolute atomic E-state index is 11.3. The van der Waals surface area contributed by atoms with Gasteiger partial charge in [-0.05, 0) is 12.0 Å². The summed E-state index contributed by atoms with van der Waals surface area (Å²) in [6.45, 7) is 0.659. The zero-order valence-electron chi connectivity index (χ0n) is 8.97. The SMILES string of the molecule is Cn1cc(CCNc2ncc[nH]c2=O)cn1. The van der Waals surface area contributed by atoms with Crippen LogP contribution in [0.2, 0.25) is 0 Å². The molecule has 0 amide bonds. The van der Waals surface area contributed by atoms with Crippen LogP contribution in [0.4, 0.5) is 5.82 Å². The maximum atomic E-state index is 11.3. The molecule has 2 heterocycles. The van der Waals surface area contributed by atoms with Gasteiger partial charge in [-0.3, -0.25) is 9.48 Å². The highest BCUT2D eigenvalue weighted by Gasteiger charge is 1.99. The smallest absolute Gasteiger partial charge is 0.290 e. The molecule has 0 aliphatic carbocycles. The molecular formula is C10H13N5O. The monoisotopic (exact) mass is 219 g/mol. The lowest BCUT2D eigenvalue weighted by molar-refractivity contribution is 0.766. The van der Waals surface area contributed by atoms with E-state index in [2.05, 4.69) is 20.4 Å². The van der Waals surface area contributed by atoms with E-state index in [9.17, 15) is 4.79 Å². The van der Waals surface area contributed by atoms with Crippen molar-refractivity contribution in [3.8, 4) is 0 Å². The summed E-state index contributed by atoms with van der Waals surface area (Å²) in [7, 11) is 1.88. The summed E-state index contributed by atoms with van der Waals surface area (Å²) in [4.78, 5) is 17.8. The number of H-pyrrole nitrogens is 1. The quantitative estimate of drug-likeness (QED) is 0.768. The molecule has 0 aliphatic heterocycles. The van der Waals surface area contributed by atoms with Crippen LogP contribution in [0.25, 0.3) is 0 Å². The van der Waals surface area contributed by atoms with Crippen molar-refractivity contribution in [3.63, 3.8) is 0 Å². The molecule has 0 unspecified atom stereocenters. The average Bonchev–Trinajstić information content (AvgIpc) is 2.67. The van der Waals surface area contributed by atoms with E-state index < -0.39 is 0 Å². The van der Waals surface area contributed by atoms with Gasteiger partial charge in [0.25, 0.3) is 5.56 Å². The summed E-state index contributed by atoms with van der Waals surface area (Å²) < 4.78 is 1.75. The summed E-state index contributed by atoms with van der Waals surface area (Å²) in [5.41, 5.74) is 0.927. The zero-order chi connectivity index (χ0) is 11.4. The number of hydrogen-bond donors (Lipinski definition) is 2. The van der Waals surface area contributed by atoms with E-state index in [1.807, 2.05) is 19.4 Å². The second kappa shape index (κ2) is 4.61. The van der Waals surface area contributed by atoms with E-state index >= 15 is 0 Å². The third kappa shape index (κ3) is 2.47. The van der Waals surface area contributed by atoms with Gasteiger partial charge in [0.15, 0.2) is 5.82 Å². The number of aryl methyl sites for hydroxylation is 1. The van der Waals surface area contributed by atoms with Crippen molar-refractivity contribution < 1.29 is 0 Å². The van der Waals surface area contributed by atoms with Gasteiger partial charge < -0.3 is 10.3 Å². The maximum Gasteiger partial charge on any atom is 0.290 e. The molecule has 0 atom stereocenters. The second-order valence-corrected chi connectivity index (χ2v) is 3.47. The van der Waals surface area contributed by atoms with Crippen molar-refractivity contribution in [2.24, 2.45) is 7.05 Å². The highest BCUT2D eigenvalue weighted by molar-refractivity contribution is 5.30. The van der Waals surface area contributed by atoms with Crippen molar-refractivity contribution in [1.82, 2.24) is 19.7 Å². The number of hydrogen-bond acceptors (Lipinski definition) is 4. The summed E-state index contributed by atoms with van der Waals surface area (Å²) in [6.07, 6.45) is 7.63. The first-order chi connectivity index (χ1) is 7.75. The highest BCUT2D eigenvalue weighted by Crippen LogP contribution is 1.98. The molecule has 84 valence electrons. The Morgan fingerprint density at radius 1 is 1.56 bits per heavy atom. The topological polar surface area (TPSA) is 75.6 Å². The molecule has 2 aromatic rings. The van der Waals surface area contributed by atoms with Gasteiger partial charge in [0.1, 0.15) is 0 Å². The van der Waals surface area contributed by atoms with Gasteiger partial charge in [0.2, 0.25) is 0 Å². The van der Waals surface area contributed by atoms with Crippen LogP contribution < -0.4 is 10.9 Å². The van der Waals surface area contributed by atoms with Gasteiger partial charge in [-0.2, -0.15) is 5.10 Å². The average molecular weight is 219 g/mol. The van der Waals surface area contributed by atoms with Crippen LogP contribution in [-0.4, -0.2) is 26.3 Å². The molecule has 0 spiro atoms. The fraction of sp³-hybridized carbons (Fsp3) is 0.300. The van der Waals surface area contributed by atoms with E-state index in [0.717, 1.165) is 12.0 Å². The molecule has 6 heteroatoms. The van der Waals surface area contributed by atoms with Gasteiger partial charge in [-0.1, -0.05) is 0 Å². The second-order valence-electron chi connectivity index (χ2n) is 3.47. The Labute approximate surface area is 92.3 Å². The number of anilines is 1. The molecule has 0 radical (unpaired) electrons. The van der Waals surface area contributed by atoms with Gasteiger partial charge in [0, 0.05) is 32.2 Å². The van der Waals surface area contributed by atoms with Gasteiger partial charge in [-0.15, -0.1) is 0 Å². The van der Waals surface area contributed by atoms with Crippen molar-refractivity contribution in [3.05, 3.63) is 40.7 Å². The Morgan fingerprint density at radius 2 is 2.44 bits per heavy atom. The van der Waals surface area contributed by atoms with Gasteiger partial charge >= 0.3 is 0 Å². The Bertz CT molecular complexity index is 516. The highest BCUT2D eigenvalue weighted by atomic mass is 16.1. The molecule has 0 fully saturated rings. The molecular weight excluding hydrogens is 206 g/mol. The van der Waals surface area contributed by atoms with Crippen molar-refractivity contribution >= 4 is 5.82 Å². The molecule has 2 aromatic heterocycles. The van der Waals surface area contributed by atoms with E-state index in [1.54, 1.807) is 10.9 Å². The van der Waals surface area contributed by atoms with Crippen LogP contribution >= 0.6 is 0 Å². The summed E-state index contributed by atoms with van der Waals surface area (Å²) in [5, 5.41) is 7.04. The number of nitrogens with zero attached hydrogens (tertiary/aromatic N) is 3. The van der Waals surface area contributed by atoms with E-state index in [0.29, 0.717) is 12.4 Å². The molecule has 0 bridgehead atoms. The van der Waals surface area contributed by atoms with E-state index in [1.165, 1.54) is 6.20 Å². The predicted molar refractivity (Wildman–Crippen MR) is 60.3 cm³/mol. The van der Waals surface area contributed by atoms with Crippen LogP contribution in [-0.2, 0) is 13.5 Å². The molecule has 2 rings (SSSR count). The molecule has 0 saturated carbocycles. The fourth-order valence-electron chi connectivity index (χ4n) is 1.40. The molecule has 0 saturated heterocycles. The van der Waals surface area contributed by atoms with Crippen molar-refractivity contribution in [1.29, 1.82) is 0 Å². The Balaban J connectivity index is 1.89. The molecule has 6 nitrogen and oxygen atoms in total. The van der Waals surface area contributed by atoms with Gasteiger partial charge in [0.05, 0.1) is 6.20 Å². The van der Waals surface area contributed by atoms with E-state index in [4.69, 9.17) is 0 Å². The lowest BCUT2D eigenvalue weighted by Gasteiger charge is -2.01. The first-order valence-corrected chi connectivity index (χ1v) is 5.01. The van der Waals surface area contributed by atoms with Crippen LogP contribution in [0.5, 0.6) is 0 Å². The molecule has 16 heavy (non-hydrogen) atoms. The predicted octanol–water partition coefficient (Wildman–Crippen LogP) is 0.158. The first-order valence-electron chi connectivity index (χ1n) is 5.01. The standard InChI is InChI=1S/C10H13N5O/c1-15-7-8(6-14-15)2-3-11-9-10(16)13-5-4-12-9/h4-7H,2-3H2,1H3,(H,11,12)(H,13,16). The summed E-state index contributed by atoms with van der Waals surface area (Å²) in [6, 6.07) is 0. The molecule has 2 N–H and O–H groups in total. The normalized spacial score (nSPS) is 10.3. The Morgan fingerprint density at radius 3 is 3.12 bits per heavy atom. The van der Waals surface area contributed by atoms with Crippen LogP contribution in [0.3, 0.4) is 0 Å². The van der Waals surface area contributed by atoms with E-state index in [-0.39, 0.29) is 5.56 Å². The molecule has 0 aromatic carbocycles. The Hall–Kier alpha value is -2.11. The lowest BCUT2D eigenvalue weighted by atomic mass is 10.2. The number of aromatic amines is 1. The number of aromatic nitrogens is 4. The fourth-order valence-corrected chi connectivity index (χ4v) is 1.40. The largest absolute Gasteiger partial charge is 0.365 e. The first kappa shape index (κ1) is 10.4. The summed E-state index contributed by atoms with van der Waals surface area (Å²) in [5.74, 6) is 0.353. The third-order valence-electron chi connectivity index (χ3n) is 2.17. The molecule has 0 aliphatic rings.